The number of aromatic nitrogens is 5. The van der Waals surface area contributed by atoms with Crippen LogP contribution in [0.4, 0.5) is 4.39 Å². The highest BCUT2D eigenvalue weighted by molar-refractivity contribution is 7.97. The summed E-state index contributed by atoms with van der Waals surface area (Å²) in [4.78, 5) is 21.1. The smallest absolute Gasteiger partial charge is 0.320 e. The Balaban J connectivity index is 1.43. The van der Waals surface area contributed by atoms with Gasteiger partial charge in [-0.3, -0.25) is 4.79 Å². The highest BCUT2D eigenvalue weighted by atomic mass is 32.2. The van der Waals surface area contributed by atoms with Gasteiger partial charge < -0.3 is 14.0 Å². The zero-order valence-corrected chi connectivity index (χ0v) is 21.0. The molecular formula is C24H25FN6O4S. The van der Waals surface area contributed by atoms with Crippen molar-refractivity contribution in [3.05, 3.63) is 59.9 Å². The van der Waals surface area contributed by atoms with Crippen molar-refractivity contribution in [2.24, 2.45) is 0 Å². The summed E-state index contributed by atoms with van der Waals surface area (Å²) in [6.07, 6.45) is 0. The molecule has 0 saturated heterocycles. The number of alkyl halides is 1. The molecule has 2 heterocycles. The normalized spacial score (nSPS) is 11.5. The fraction of sp³-hybridized carbons (Fsp3) is 0.292. The third kappa shape index (κ3) is 6.67. The molecular weight excluding hydrogens is 487 g/mol. The summed E-state index contributed by atoms with van der Waals surface area (Å²) in [5.41, 5.74) is 1.68. The average molecular weight is 513 g/mol. The molecule has 0 radical (unpaired) electrons. The van der Waals surface area contributed by atoms with Crippen molar-refractivity contribution >= 4 is 17.9 Å². The lowest BCUT2D eigenvalue weighted by atomic mass is 10.2. The fourth-order valence-electron chi connectivity index (χ4n) is 3.18. The lowest BCUT2D eigenvalue weighted by Gasteiger charge is -2.16. The Hall–Kier alpha value is -3.77. The molecule has 0 atom stereocenters. The first-order valence-corrected chi connectivity index (χ1v) is 11.8. The number of carbonyl (C=O) groups excluding carboxylic acids is 1. The number of rotatable bonds is 10. The van der Waals surface area contributed by atoms with Gasteiger partial charge in [-0.05, 0) is 60.8 Å². The summed E-state index contributed by atoms with van der Waals surface area (Å²) in [7, 11) is 1.35. The highest BCUT2D eigenvalue weighted by Gasteiger charge is 2.19. The van der Waals surface area contributed by atoms with E-state index in [9.17, 15) is 9.18 Å². The Labute approximate surface area is 211 Å². The molecule has 4 rings (SSSR count). The summed E-state index contributed by atoms with van der Waals surface area (Å²) in [6.45, 7) is 5.10. The Morgan fingerprint density at radius 2 is 1.94 bits per heavy atom. The number of aryl methyl sites for hydroxylation is 1. The number of hydrogen-bond donors (Lipinski definition) is 1. The van der Waals surface area contributed by atoms with Gasteiger partial charge in [0.15, 0.2) is 0 Å². The number of nitrogens with zero attached hydrogens (tertiary/aromatic N) is 5. The van der Waals surface area contributed by atoms with Crippen LogP contribution in [0.2, 0.25) is 0 Å². The largest absolute Gasteiger partial charge is 0.468 e. The van der Waals surface area contributed by atoms with E-state index in [0.29, 0.717) is 35.3 Å². The van der Waals surface area contributed by atoms with E-state index in [-0.39, 0.29) is 18.4 Å². The lowest BCUT2D eigenvalue weighted by Crippen LogP contribution is -2.20. The van der Waals surface area contributed by atoms with E-state index in [1.807, 2.05) is 31.2 Å². The van der Waals surface area contributed by atoms with Crippen LogP contribution in [0.15, 0.2) is 57.9 Å². The average Bonchev–Trinajstić information content (AvgIpc) is 3.46. The molecule has 0 unspecified atom stereocenters. The molecule has 36 heavy (non-hydrogen) atoms. The van der Waals surface area contributed by atoms with Gasteiger partial charge in [0.2, 0.25) is 17.5 Å². The maximum atomic E-state index is 13.7. The molecule has 4 aromatic rings. The first-order valence-electron chi connectivity index (χ1n) is 11.0. The van der Waals surface area contributed by atoms with E-state index in [2.05, 4.69) is 29.7 Å². The van der Waals surface area contributed by atoms with Gasteiger partial charge in [0.25, 0.3) is 5.89 Å². The minimum absolute atomic E-state index is 0.108. The summed E-state index contributed by atoms with van der Waals surface area (Å²) in [5, 5.41) is 8.54. The van der Waals surface area contributed by atoms with E-state index in [1.165, 1.54) is 32.9 Å². The molecule has 0 aliphatic rings. The second kappa shape index (κ2) is 10.9. The van der Waals surface area contributed by atoms with Gasteiger partial charge in [-0.25, -0.2) is 14.4 Å². The predicted molar refractivity (Wildman–Crippen MR) is 131 cm³/mol. The van der Waals surface area contributed by atoms with Crippen LogP contribution in [-0.2, 0) is 16.1 Å². The maximum Gasteiger partial charge on any atom is 0.320 e. The van der Waals surface area contributed by atoms with Crippen LogP contribution in [0.5, 0.6) is 5.75 Å². The van der Waals surface area contributed by atoms with Crippen molar-refractivity contribution in [1.82, 2.24) is 29.6 Å². The van der Waals surface area contributed by atoms with Gasteiger partial charge >= 0.3 is 5.97 Å². The third-order valence-electron chi connectivity index (χ3n) is 4.81. The van der Waals surface area contributed by atoms with Crippen LogP contribution in [0.3, 0.4) is 0 Å². The number of halogens is 1. The molecule has 2 aromatic heterocycles. The van der Waals surface area contributed by atoms with Gasteiger partial charge in [-0.2, -0.15) is 9.37 Å². The summed E-state index contributed by atoms with van der Waals surface area (Å²) >= 11 is 1.34. The van der Waals surface area contributed by atoms with E-state index in [4.69, 9.17) is 9.26 Å². The van der Waals surface area contributed by atoms with E-state index in [0.717, 1.165) is 10.5 Å². The topological polar surface area (TPSA) is 117 Å². The second-order valence-corrected chi connectivity index (χ2v) is 9.16. The maximum absolute atomic E-state index is 13.7. The van der Waals surface area contributed by atoms with E-state index < -0.39 is 5.85 Å². The Morgan fingerprint density at radius 3 is 2.67 bits per heavy atom. The Bertz CT molecular complexity index is 1330. The first kappa shape index (κ1) is 25.3. The van der Waals surface area contributed by atoms with Crippen LogP contribution >= 0.6 is 11.9 Å². The Morgan fingerprint density at radius 1 is 1.17 bits per heavy atom. The molecule has 0 fully saturated rings. The minimum atomic E-state index is -1.77. The number of benzene rings is 2. The van der Waals surface area contributed by atoms with Crippen molar-refractivity contribution in [2.75, 3.05) is 13.7 Å². The molecule has 1 N–H and O–H groups in total. The molecule has 0 amide bonds. The fourth-order valence-corrected chi connectivity index (χ4v) is 3.89. The van der Waals surface area contributed by atoms with E-state index >= 15 is 0 Å². The van der Waals surface area contributed by atoms with Gasteiger partial charge in [0, 0.05) is 24.3 Å². The SMILES string of the molecule is COC(=O)CNSc1cccc(Cn2nc(-c3nc(-c4ccc(OC(C)(C)F)cc4)no3)nc2C)c1. The van der Waals surface area contributed by atoms with Crippen LogP contribution in [-0.4, -0.2) is 50.4 Å². The summed E-state index contributed by atoms with van der Waals surface area (Å²) in [5.74, 6) is -0.168. The van der Waals surface area contributed by atoms with Crippen LogP contribution < -0.4 is 9.46 Å². The van der Waals surface area contributed by atoms with Crippen molar-refractivity contribution in [1.29, 1.82) is 0 Å². The molecule has 12 heteroatoms. The van der Waals surface area contributed by atoms with Crippen LogP contribution in [0.1, 0.15) is 25.2 Å². The highest BCUT2D eigenvalue weighted by Crippen LogP contribution is 2.25. The van der Waals surface area contributed by atoms with Crippen molar-refractivity contribution in [2.45, 2.75) is 38.1 Å². The van der Waals surface area contributed by atoms with Crippen LogP contribution in [0, 0.1) is 6.92 Å². The lowest BCUT2D eigenvalue weighted by molar-refractivity contribution is -0.139. The molecule has 10 nitrogen and oxygen atoms in total. The number of esters is 1. The molecule has 188 valence electrons. The van der Waals surface area contributed by atoms with Crippen molar-refractivity contribution < 1.29 is 23.2 Å². The van der Waals surface area contributed by atoms with Crippen molar-refractivity contribution in [3.63, 3.8) is 0 Å². The Kier molecular flexibility index (Phi) is 7.65. The van der Waals surface area contributed by atoms with Gasteiger partial charge in [-0.1, -0.05) is 17.3 Å². The first-order chi connectivity index (χ1) is 17.2. The van der Waals surface area contributed by atoms with Gasteiger partial charge in [-0.15, -0.1) is 5.10 Å². The number of ether oxygens (including phenoxy) is 2. The predicted octanol–water partition coefficient (Wildman–Crippen LogP) is 4.21. The molecule has 0 aliphatic heterocycles. The number of methoxy groups -OCH3 is 1. The second-order valence-electron chi connectivity index (χ2n) is 8.20. The quantitative estimate of drug-likeness (QED) is 0.245. The zero-order valence-electron chi connectivity index (χ0n) is 20.2. The standard InChI is InChI=1S/C24H25FN6O4S/c1-15-27-22(23-28-21(30-35-23)17-8-10-18(11-9-17)34-24(2,3)25)29-31(15)14-16-6-5-7-19(12-16)36-26-13-20(32)33-4/h5-12,26H,13-14H2,1-4H3. The van der Waals surface area contributed by atoms with Crippen LogP contribution in [0.25, 0.3) is 23.1 Å². The number of nitrogens with one attached hydrogen (secondary N) is 1. The van der Waals surface area contributed by atoms with E-state index in [1.54, 1.807) is 28.9 Å². The zero-order chi connectivity index (χ0) is 25.7. The summed E-state index contributed by atoms with van der Waals surface area (Å²) < 4.78 is 33.6. The monoisotopic (exact) mass is 512 g/mol. The van der Waals surface area contributed by atoms with Crippen molar-refractivity contribution in [3.8, 4) is 28.9 Å². The molecule has 0 spiro atoms. The molecule has 2 aromatic carbocycles. The van der Waals surface area contributed by atoms with Gasteiger partial charge in [0.05, 0.1) is 13.7 Å². The molecule has 0 saturated carbocycles. The minimum Gasteiger partial charge on any atom is -0.468 e. The molecule has 0 aliphatic carbocycles. The summed E-state index contributed by atoms with van der Waals surface area (Å²) in [6, 6.07) is 14.6. The molecule has 0 bridgehead atoms. The van der Waals surface area contributed by atoms with Gasteiger partial charge in [0.1, 0.15) is 18.1 Å². The third-order valence-corrected chi connectivity index (χ3v) is 5.59. The number of carbonyl (C=O) groups is 1. The number of hydrogen-bond acceptors (Lipinski definition) is 10.